The normalized spacial score (nSPS) is 15.2. The van der Waals surface area contributed by atoms with Crippen molar-refractivity contribution in [3.05, 3.63) is 66.5 Å². The van der Waals surface area contributed by atoms with Gasteiger partial charge in [0.1, 0.15) is 5.52 Å². The van der Waals surface area contributed by atoms with E-state index in [-0.39, 0.29) is 11.9 Å². The Kier molecular flexibility index (Phi) is 4.12. The molecule has 4 aromatic rings. The van der Waals surface area contributed by atoms with Gasteiger partial charge in [-0.15, -0.1) is 0 Å². The van der Waals surface area contributed by atoms with Crippen LogP contribution >= 0.6 is 0 Å². The van der Waals surface area contributed by atoms with Gasteiger partial charge in [0.2, 0.25) is 0 Å². The SMILES string of the molecule is O=C(c1ccc2noc(-c3ccccc3)c2c1)N1CCC(n2nccn2)CC1. The third-order valence-corrected chi connectivity index (χ3v) is 5.27. The first-order chi connectivity index (χ1) is 13.8. The fourth-order valence-corrected chi connectivity index (χ4v) is 3.77. The summed E-state index contributed by atoms with van der Waals surface area (Å²) in [6.45, 7) is 1.39. The highest BCUT2D eigenvalue weighted by molar-refractivity contribution is 6.01. The molecule has 2 aromatic carbocycles. The van der Waals surface area contributed by atoms with Crippen LogP contribution in [0.25, 0.3) is 22.2 Å². The first-order valence-electron chi connectivity index (χ1n) is 9.39. The van der Waals surface area contributed by atoms with Crippen molar-refractivity contribution in [2.45, 2.75) is 18.9 Å². The molecule has 1 aliphatic rings. The summed E-state index contributed by atoms with van der Waals surface area (Å²) in [6.07, 6.45) is 5.09. The number of benzene rings is 2. The Morgan fingerprint density at radius 2 is 1.75 bits per heavy atom. The number of amides is 1. The number of piperidine rings is 1. The highest BCUT2D eigenvalue weighted by Crippen LogP contribution is 2.30. The molecule has 140 valence electrons. The van der Waals surface area contributed by atoms with Gasteiger partial charge in [-0.25, -0.2) is 0 Å². The predicted octanol–water partition coefficient (Wildman–Crippen LogP) is 3.56. The van der Waals surface area contributed by atoms with Gasteiger partial charge < -0.3 is 9.42 Å². The minimum atomic E-state index is 0.0361. The van der Waals surface area contributed by atoms with Crippen molar-refractivity contribution in [3.63, 3.8) is 0 Å². The zero-order chi connectivity index (χ0) is 18.9. The average molecular weight is 373 g/mol. The van der Waals surface area contributed by atoms with Gasteiger partial charge in [-0.3, -0.25) is 4.79 Å². The standard InChI is InChI=1S/C21H19N5O2/c27-21(25-12-8-17(9-13-25)26-22-10-11-23-26)16-6-7-19-18(14-16)20(28-24-19)15-4-2-1-3-5-15/h1-7,10-11,14,17H,8-9,12-13H2. The molecule has 1 aliphatic heterocycles. The third kappa shape index (κ3) is 2.94. The summed E-state index contributed by atoms with van der Waals surface area (Å²) < 4.78 is 5.55. The van der Waals surface area contributed by atoms with E-state index in [1.807, 2.05) is 53.4 Å². The van der Waals surface area contributed by atoms with Crippen LogP contribution in [0, 0.1) is 0 Å². The van der Waals surface area contributed by atoms with E-state index >= 15 is 0 Å². The van der Waals surface area contributed by atoms with Gasteiger partial charge in [0.05, 0.1) is 23.8 Å². The van der Waals surface area contributed by atoms with E-state index in [0.29, 0.717) is 24.4 Å². The maximum Gasteiger partial charge on any atom is 0.253 e. The summed E-state index contributed by atoms with van der Waals surface area (Å²) in [6, 6.07) is 15.6. The van der Waals surface area contributed by atoms with Crippen molar-refractivity contribution in [1.29, 1.82) is 0 Å². The van der Waals surface area contributed by atoms with Crippen molar-refractivity contribution >= 4 is 16.8 Å². The molecule has 28 heavy (non-hydrogen) atoms. The second-order valence-electron chi connectivity index (χ2n) is 6.98. The molecular formula is C21H19N5O2. The Hall–Kier alpha value is -3.48. The van der Waals surface area contributed by atoms with E-state index < -0.39 is 0 Å². The molecule has 5 rings (SSSR count). The average Bonchev–Trinajstić information content (AvgIpc) is 3.44. The summed E-state index contributed by atoms with van der Waals surface area (Å²) in [5, 5.41) is 13.4. The van der Waals surface area contributed by atoms with Crippen LogP contribution in [0.4, 0.5) is 0 Å². The Bertz CT molecular complexity index is 1100. The lowest BCUT2D eigenvalue weighted by Crippen LogP contribution is -2.39. The van der Waals surface area contributed by atoms with Gasteiger partial charge >= 0.3 is 0 Å². The van der Waals surface area contributed by atoms with Crippen molar-refractivity contribution in [3.8, 4) is 11.3 Å². The molecule has 0 bridgehead atoms. The summed E-state index contributed by atoms with van der Waals surface area (Å²) >= 11 is 0. The lowest BCUT2D eigenvalue weighted by Gasteiger charge is -2.31. The number of nitrogens with zero attached hydrogens (tertiary/aromatic N) is 5. The molecular weight excluding hydrogens is 354 g/mol. The van der Waals surface area contributed by atoms with Gasteiger partial charge in [0.25, 0.3) is 5.91 Å². The molecule has 0 saturated carbocycles. The van der Waals surface area contributed by atoms with Crippen LogP contribution in [0.1, 0.15) is 29.2 Å². The fraction of sp³-hybridized carbons (Fsp3) is 0.238. The van der Waals surface area contributed by atoms with Crippen LogP contribution in [0.15, 0.2) is 65.4 Å². The number of rotatable bonds is 3. The van der Waals surface area contributed by atoms with Gasteiger partial charge in [0, 0.05) is 24.2 Å². The zero-order valence-corrected chi connectivity index (χ0v) is 15.2. The number of hydrogen-bond acceptors (Lipinski definition) is 5. The summed E-state index contributed by atoms with van der Waals surface area (Å²) in [4.78, 5) is 16.7. The highest BCUT2D eigenvalue weighted by Gasteiger charge is 2.26. The van der Waals surface area contributed by atoms with Crippen LogP contribution < -0.4 is 0 Å². The Morgan fingerprint density at radius 1 is 1.00 bits per heavy atom. The van der Waals surface area contributed by atoms with Crippen LogP contribution in [0.5, 0.6) is 0 Å². The first kappa shape index (κ1) is 16.7. The van der Waals surface area contributed by atoms with E-state index in [4.69, 9.17) is 4.52 Å². The van der Waals surface area contributed by atoms with Crippen LogP contribution in [-0.4, -0.2) is 44.0 Å². The molecule has 7 nitrogen and oxygen atoms in total. The molecule has 0 unspecified atom stereocenters. The number of carbonyl (C=O) groups excluding carboxylic acids is 1. The first-order valence-corrected chi connectivity index (χ1v) is 9.39. The van der Waals surface area contributed by atoms with Crippen molar-refractivity contribution in [2.75, 3.05) is 13.1 Å². The number of fused-ring (bicyclic) bond motifs is 1. The third-order valence-electron chi connectivity index (χ3n) is 5.27. The highest BCUT2D eigenvalue weighted by atomic mass is 16.5. The van der Waals surface area contributed by atoms with E-state index in [1.165, 1.54) is 0 Å². The van der Waals surface area contributed by atoms with Gasteiger partial charge in [-0.1, -0.05) is 35.5 Å². The lowest BCUT2D eigenvalue weighted by atomic mass is 10.0. The molecule has 1 saturated heterocycles. The van der Waals surface area contributed by atoms with E-state index in [1.54, 1.807) is 17.2 Å². The van der Waals surface area contributed by atoms with Crippen LogP contribution in [0.3, 0.4) is 0 Å². The minimum Gasteiger partial charge on any atom is -0.355 e. The molecule has 0 spiro atoms. The largest absolute Gasteiger partial charge is 0.355 e. The summed E-state index contributed by atoms with van der Waals surface area (Å²) in [5.41, 5.74) is 2.35. The monoisotopic (exact) mass is 373 g/mol. The topological polar surface area (TPSA) is 77.0 Å². The van der Waals surface area contributed by atoms with Gasteiger partial charge in [-0.2, -0.15) is 15.0 Å². The molecule has 3 heterocycles. The van der Waals surface area contributed by atoms with Crippen molar-refractivity contribution in [2.24, 2.45) is 0 Å². The van der Waals surface area contributed by atoms with Crippen molar-refractivity contribution < 1.29 is 9.32 Å². The summed E-state index contributed by atoms with van der Waals surface area (Å²) in [5.74, 6) is 0.725. The molecule has 7 heteroatoms. The molecule has 1 amide bonds. The zero-order valence-electron chi connectivity index (χ0n) is 15.2. The second-order valence-corrected chi connectivity index (χ2v) is 6.98. The number of aromatic nitrogens is 4. The van der Waals surface area contributed by atoms with Gasteiger partial charge in [0.15, 0.2) is 5.76 Å². The quantitative estimate of drug-likeness (QED) is 0.549. The number of likely N-dealkylation sites (tertiary alicyclic amines) is 1. The molecule has 0 N–H and O–H groups in total. The second kappa shape index (κ2) is 6.92. The van der Waals surface area contributed by atoms with E-state index in [0.717, 1.165) is 29.3 Å². The Morgan fingerprint density at radius 3 is 2.50 bits per heavy atom. The Labute approximate surface area is 161 Å². The molecule has 1 fully saturated rings. The van der Waals surface area contributed by atoms with Crippen LogP contribution in [-0.2, 0) is 0 Å². The maximum absolute atomic E-state index is 13.0. The number of carbonyl (C=O) groups is 1. The number of hydrogen-bond donors (Lipinski definition) is 0. The maximum atomic E-state index is 13.0. The smallest absolute Gasteiger partial charge is 0.253 e. The molecule has 0 aliphatic carbocycles. The van der Waals surface area contributed by atoms with Crippen LogP contribution in [0.2, 0.25) is 0 Å². The lowest BCUT2D eigenvalue weighted by molar-refractivity contribution is 0.0684. The molecule has 0 atom stereocenters. The van der Waals surface area contributed by atoms with E-state index in [2.05, 4.69) is 15.4 Å². The minimum absolute atomic E-state index is 0.0361. The molecule has 2 aromatic heterocycles. The Balaban J connectivity index is 1.38. The van der Waals surface area contributed by atoms with Gasteiger partial charge in [-0.05, 0) is 31.0 Å². The molecule has 0 radical (unpaired) electrons. The van der Waals surface area contributed by atoms with E-state index in [9.17, 15) is 4.79 Å². The summed E-state index contributed by atoms with van der Waals surface area (Å²) in [7, 11) is 0. The fourth-order valence-electron chi connectivity index (χ4n) is 3.77. The van der Waals surface area contributed by atoms with Crippen molar-refractivity contribution in [1.82, 2.24) is 25.1 Å². The predicted molar refractivity (Wildman–Crippen MR) is 104 cm³/mol.